The Hall–Kier alpha value is -0.540. The number of methoxy groups -OCH3 is 1. The number of rotatable bonds is 4. The summed E-state index contributed by atoms with van der Waals surface area (Å²) in [5.41, 5.74) is 2.81. The van der Waals surface area contributed by atoms with Crippen LogP contribution in [0.3, 0.4) is 0 Å². The summed E-state index contributed by atoms with van der Waals surface area (Å²) >= 11 is 3.67. The van der Waals surface area contributed by atoms with Crippen molar-refractivity contribution < 1.29 is 4.74 Å². The van der Waals surface area contributed by atoms with Gasteiger partial charge in [-0.05, 0) is 49.9 Å². The third-order valence-corrected chi connectivity index (χ3v) is 5.66. The lowest BCUT2D eigenvalue weighted by atomic mass is 9.68. The second-order valence-electron chi connectivity index (χ2n) is 6.28. The summed E-state index contributed by atoms with van der Waals surface area (Å²) in [5, 5.41) is 3.55. The molecule has 0 spiro atoms. The van der Waals surface area contributed by atoms with E-state index in [1.54, 1.807) is 7.11 Å². The molecule has 0 amide bonds. The molecule has 2 rings (SSSR count). The first kappa shape index (κ1) is 15.8. The molecular formula is C17H26BrNO. The molecule has 1 saturated carbocycles. The number of aryl methyl sites for hydroxylation is 1. The van der Waals surface area contributed by atoms with Crippen LogP contribution in [0.15, 0.2) is 16.6 Å². The molecule has 0 aliphatic heterocycles. The number of hydrogen-bond acceptors (Lipinski definition) is 2. The fourth-order valence-corrected chi connectivity index (χ4v) is 3.96. The molecule has 3 heteroatoms. The molecule has 1 fully saturated rings. The molecule has 0 aromatic heterocycles. The van der Waals surface area contributed by atoms with E-state index in [0.717, 1.165) is 10.2 Å². The van der Waals surface area contributed by atoms with Gasteiger partial charge in [-0.3, -0.25) is 0 Å². The maximum absolute atomic E-state index is 5.64. The summed E-state index contributed by atoms with van der Waals surface area (Å²) in [6.45, 7) is 4.52. The van der Waals surface area contributed by atoms with Gasteiger partial charge in [0.05, 0.1) is 7.11 Å². The SMILES string of the molecule is CNC(c1cc(Br)c(C)cc1OC)C1(C)CCCCC1. The van der Waals surface area contributed by atoms with Gasteiger partial charge < -0.3 is 10.1 Å². The predicted octanol–water partition coefficient (Wildman–Crippen LogP) is 5.00. The van der Waals surface area contributed by atoms with E-state index in [1.807, 2.05) is 0 Å². The summed E-state index contributed by atoms with van der Waals surface area (Å²) < 4.78 is 6.80. The standard InChI is InChI=1S/C17H26BrNO/c1-12-10-15(20-4)13(11-14(12)18)16(19-3)17(2)8-6-5-7-9-17/h10-11,16,19H,5-9H2,1-4H3. The first-order chi connectivity index (χ1) is 9.51. The Morgan fingerprint density at radius 2 is 1.90 bits per heavy atom. The van der Waals surface area contributed by atoms with Crippen LogP contribution in [0.1, 0.15) is 56.2 Å². The molecule has 1 aliphatic rings. The molecule has 0 bridgehead atoms. The van der Waals surface area contributed by atoms with Gasteiger partial charge in [0.1, 0.15) is 5.75 Å². The largest absolute Gasteiger partial charge is 0.496 e. The number of ether oxygens (including phenoxy) is 1. The van der Waals surface area contributed by atoms with Crippen molar-refractivity contribution in [3.05, 3.63) is 27.7 Å². The van der Waals surface area contributed by atoms with Crippen molar-refractivity contribution in [3.8, 4) is 5.75 Å². The third kappa shape index (κ3) is 3.04. The number of nitrogens with one attached hydrogen (secondary N) is 1. The van der Waals surface area contributed by atoms with Gasteiger partial charge in [-0.2, -0.15) is 0 Å². The summed E-state index contributed by atoms with van der Waals surface area (Å²) in [4.78, 5) is 0. The van der Waals surface area contributed by atoms with Gasteiger partial charge in [0.25, 0.3) is 0 Å². The van der Waals surface area contributed by atoms with Crippen molar-refractivity contribution in [2.24, 2.45) is 5.41 Å². The van der Waals surface area contributed by atoms with Crippen LogP contribution in [0, 0.1) is 12.3 Å². The van der Waals surface area contributed by atoms with E-state index in [-0.39, 0.29) is 0 Å². The van der Waals surface area contributed by atoms with Crippen molar-refractivity contribution in [3.63, 3.8) is 0 Å². The van der Waals surface area contributed by atoms with E-state index in [0.29, 0.717) is 11.5 Å². The first-order valence-electron chi connectivity index (χ1n) is 7.53. The normalized spacial score (nSPS) is 19.6. The first-order valence-corrected chi connectivity index (χ1v) is 8.32. The molecule has 0 saturated heterocycles. The van der Waals surface area contributed by atoms with E-state index in [1.165, 1.54) is 43.2 Å². The van der Waals surface area contributed by atoms with Crippen molar-refractivity contribution >= 4 is 15.9 Å². The number of benzene rings is 1. The smallest absolute Gasteiger partial charge is 0.123 e. The topological polar surface area (TPSA) is 21.3 Å². The minimum atomic E-state index is 0.314. The zero-order valence-corrected chi connectivity index (χ0v) is 14.6. The van der Waals surface area contributed by atoms with Crippen molar-refractivity contribution in [1.29, 1.82) is 0 Å². The van der Waals surface area contributed by atoms with Crippen LogP contribution in [0.2, 0.25) is 0 Å². The molecule has 1 aromatic carbocycles. The van der Waals surface area contributed by atoms with E-state index >= 15 is 0 Å². The molecule has 1 aromatic rings. The Balaban J connectivity index is 2.43. The molecule has 112 valence electrons. The minimum absolute atomic E-state index is 0.314. The highest BCUT2D eigenvalue weighted by Crippen LogP contribution is 2.48. The summed E-state index contributed by atoms with van der Waals surface area (Å²) in [7, 11) is 3.83. The van der Waals surface area contributed by atoms with Crippen LogP contribution in [0.5, 0.6) is 5.75 Å². The molecule has 2 nitrogen and oxygen atoms in total. The Morgan fingerprint density at radius 3 is 2.45 bits per heavy atom. The zero-order chi connectivity index (χ0) is 14.8. The Bertz CT molecular complexity index is 466. The van der Waals surface area contributed by atoms with Gasteiger partial charge in [0, 0.05) is 16.1 Å². The lowest BCUT2D eigenvalue weighted by Crippen LogP contribution is -2.36. The second-order valence-corrected chi connectivity index (χ2v) is 7.13. The molecule has 0 heterocycles. The van der Waals surface area contributed by atoms with Crippen LogP contribution >= 0.6 is 15.9 Å². The second kappa shape index (κ2) is 6.48. The quantitative estimate of drug-likeness (QED) is 0.833. The molecule has 0 radical (unpaired) electrons. The summed E-state index contributed by atoms with van der Waals surface area (Å²) in [6, 6.07) is 4.71. The monoisotopic (exact) mass is 339 g/mol. The number of halogens is 1. The summed E-state index contributed by atoms with van der Waals surface area (Å²) in [6.07, 6.45) is 6.62. The van der Waals surface area contributed by atoms with Gasteiger partial charge >= 0.3 is 0 Å². The highest BCUT2D eigenvalue weighted by atomic mass is 79.9. The van der Waals surface area contributed by atoms with Gasteiger partial charge in [0.15, 0.2) is 0 Å². The Labute approximate surface area is 131 Å². The number of hydrogen-bond donors (Lipinski definition) is 1. The molecule has 1 unspecified atom stereocenters. The highest BCUT2D eigenvalue weighted by molar-refractivity contribution is 9.10. The maximum atomic E-state index is 5.64. The van der Waals surface area contributed by atoms with Crippen LogP contribution in [-0.2, 0) is 0 Å². The van der Waals surface area contributed by atoms with Crippen LogP contribution < -0.4 is 10.1 Å². The molecule has 1 atom stereocenters. The average molecular weight is 340 g/mol. The minimum Gasteiger partial charge on any atom is -0.496 e. The van der Waals surface area contributed by atoms with Gasteiger partial charge in [0.2, 0.25) is 0 Å². The van der Waals surface area contributed by atoms with Gasteiger partial charge in [-0.25, -0.2) is 0 Å². The van der Waals surface area contributed by atoms with Crippen molar-refractivity contribution in [2.75, 3.05) is 14.2 Å². The van der Waals surface area contributed by atoms with E-state index < -0.39 is 0 Å². The summed E-state index contributed by atoms with van der Waals surface area (Å²) in [5.74, 6) is 0.997. The van der Waals surface area contributed by atoms with Crippen LogP contribution in [-0.4, -0.2) is 14.2 Å². The van der Waals surface area contributed by atoms with E-state index in [4.69, 9.17) is 4.74 Å². The van der Waals surface area contributed by atoms with Crippen molar-refractivity contribution in [2.45, 2.75) is 52.0 Å². The van der Waals surface area contributed by atoms with Gasteiger partial charge in [-0.1, -0.05) is 42.1 Å². The Kier molecular flexibility index (Phi) is 5.14. The van der Waals surface area contributed by atoms with E-state index in [2.05, 4.69) is 54.3 Å². The molecular weight excluding hydrogens is 314 g/mol. The fourth-order valence-electron chi connectivity index (χ4n) is 3.60. The molecule has 1 aliphatic carbocycles. The third-order valence-electron chi connectivity index (χ3n) is 4.80. The van der Waals surface area contributed by atoms with E-state index in [9.17, 15) is 0 Å². The molecule has 1 N–H and O–H groups in total. The average Bonchev–Trinajstić information content (AvgIpc) is 2.43. The lowest BCUT2D eigenvalue weighted by molar-refractivity contribution is 0.148. The highest BCUT2D eigenvalue weighted by Gasteiger charge is 2.37. The molecule has 20 heavy (non-hydrogen) atoms. The van der Waals surface area contributed by atoms with Crippen LogP contribution in [0.25, 0.3) is 0 Å². The zero-order valence-electron chi connectivity index (χ0n) is 13.1. The fraction of sp³-hybridized carbons (Fsp3) is 0.647. The van der Waals surface area contributed by atoms with Crippen LogP contribution in [0.4, 0.5) is 0 Å². The van der Waals surface area contributed by atoms with Crippen molar-refractivity contribution in [1.82, 2.24) is 5.32 Å². The van der Waals surface area contributed by atoms with Gasteiger partial charge in [-0.15, -0.1) is 0 Å². The predicted molar refractivity (Wildman–Crippen MR) is 88.4 cm³/mol. The Morgan fingerprint density at radius 1 is 1.25 bits per heavy atom. The lowest BCUT2D eigenvalue weighted by Gasteiger charge is -2.41. The maximum Gasteiger partial charge on any atom is 0.123 e.